The lowest BCUT2D eigenvalue weighted by atomic mass is 9.96. The minimum Gasteiger partial charge on any atom is -0.340 e. The van der Waals surface area contributed by atoms with Crippen molar-refractivity contribution in [2.75, 3.05) is 0 Å². The van der Waals surface area contributed by atoms with Gasteiger partial charge in [0.15, 0.2) is 5.75 Å². The molecule has 88 valence electrons. The largest absolute Gasteiger partial charge is 0.340 e. The van der Waals surface area contributed by atoms with Gasteiger partial charge in [0.2, 0.25) is 0 Å². The van der Waals surface area contributed by atoms with Crippen LogP contribution in [0.5, 0.6) is 5.75 Å². The SMILES string of the molecule is CC(C)c1cc(-c2ccccc2)ccc1OO. The summed E-state index contributed by atoms with van der Waals surface area (Å²) in [5, 5.41) is 8.83. The monoisotopic (exact) mass is 228 g/mol. The molecule has 0 bridgehead atoms. The average Bonchev–Trinajstić information content (AvgIpc) is 2.39. The third-order valence-corrected chi connectivity index (χ3v) is 2.84. The highest BCUT2D eigenvalue weighted by atomic mass is 17.1. The van der Waals surface area contributed by atoms with Crippen molar-refractivity contribution in [1.82, 2.24) is 0 Å². The molecule has 2 heteroatoms. The lowest BCUT2D eigenvalue weighted by Gasteiger charge is -2.12. The molecule has 1 N–H and O–H groups in total. The van der Waals surface area contributed by atoms with Crippen LogP contribution >= 0.6 is 0 Å². The van der Waals surface area contributed by atoms with Crippen LogP contribution < -0.4 is 4.89 Å². The molecule has 2 aromatic rings. The van der Waals surface area contributed by atoms with E-state index in [0.717, 1.165) is 11.1 Å². The molecule has 0 atom stereocenters. The fraction of sp³-hybridized carbons (Fsp3) is 0.200. The molecular weight excluding hydrogens is 212 g/mol. The van der Waals surface area contributed by atoms with Gasteiger partial charge in [-0.2, -0.15) is 0 Å². The zero-order valence-electron chi connectivity index (χ0n) is 10.1. The minimum atomic E-state index is 0.306. The molecule has 17 heavy (non-hydrogen) atoms. The van der Waals surface area contributed by atoms with Gasteiger partial charge in [0.05, 0.1) is 0 Å². The summed E-state index contributed by atoms with van der Waals surface area (Å²) in [6.45, 7) is 4.15. The lowest BCUT2D eigenvalue weighted by molar-refractivity contribution is -0.138. The number of benzene rings is 2. The number of rotatable bonds is 3. The maximum absolute atomic E-state index is 8.83. The van der Waals surface area contributed by atoms with E-state index in [0.29, 0.717) is 11.7 Å². The van der Waals surface area contributed by atoms with Crippen LogP contribution in [0.1, 0.15) is 25.3 Å². The molecule has 0 aliphatic heterocycles. The normalized spacial score (nSPS) is 10.6. The van der Waals surface area contributed by atoms with Crippen LogP contribution in [0.3, 0.4) is 0 Å². The fourth-order valence-corrected chi connectivity index (χ4v) is 1.89. The number of hydrogen-bond donors (Lipinski definition) is 1. The summed E-state index contributed by atoms with van der Waals surface area (Å²) in [6, 6.07) is 16.0. The van der Waals surface area contributed by atoms with Gasteiger partial charge >= 0.3 is 0 Å². The summed E-state index contributed by atoms with van der Waals surface area (Å²) in [6.07, 6.45) is 0. The predicted molar refractivity (Wildman–Crippen MR) is 69.2 cm³/mol. The van der Waals surface area contributed by atoms with Gasteiger partial charge in [-0.1, -0.05) is 50.2 Å². The molecule has 0 aromatic heterocycles. The van der Waals surface area contributed by atoms with Gasteiger partial charge in [0.1, 0.15) is 0 Å². The maximum atomic E-state index is 8.83. The summed E-state index contributed by atoms with van der Waals surface area (Å²) in [5.41, 5.74) is 3.31. The molecule has 0 saturated carbocycles. The molecule has 0 aliphatic carbocycles. The molecule has 2 aromatic carbocycles. The standard InChI is InChI=1S/C15H16O2/c1-11(2)14-10-13(8-9-15(14)17-16)12-6-4-3-5-7-12/h3-11,16H,1-2H3. The molecule has 0 heterocycles. The number of hydrogen-bond acceptors (Lipinski definition) is 2. The smallest absolute Gasteiger partial charge is 0.168 e. The van der Waals surface area contributed by atoms with E-state index < -0.39 is 0 Å². The van der Waals surface area contributed by atoms with Crippen molar-refractivity contribution in [2.24, 2.45) is 0 Å². The Kier molecular flexibility index (Phi) is 3.45. The van der Waals surface area contributed by atoms with Crippen LogP contribution in [-0.2, 0) is 0 Å². The van der Waals surface area contributed by atoms with Crippen molar-refractivity contribution in [2.45, 2.75) is 19.8 Å². The van der Waals surface area contributed by atoms with Gasteiger partial charge in [-0.3, -0.25) is 0 Å². The third-order valence-electron chi connectivity index (χ3n) is 2.84. The van der Waals surface area contributed by atoms with Crippen LogP contribution in [0, 0.1) is 0 Å². The van der Waals surface area contributed by atoms with Crippen molar-refractivity contribution in [1.29, 1.82) is 0 Å². The molecule has 0 aliphatic rings. The average molecular weight is 228 g/mol. The Morgan fingerprint density at radius 1 is 0.941 bits per heavy atom. The first-order valence-corrected chi connectivity index (χ1v) is 5.73. The molecule has 0 spiro atoms. The van der Waals surface area contributed by atoms with Crippen LogP contribution in [0.4, 0.5) is 0 Å². The predicted octanol–water partition coefficient (Wildman–Crippen LogP) is 4.33. The van der Waals surface area contributed by atoms with E-state index in [9.17, 15) is 0 Å². The topological polar surface area (TPSA) is 29.5 Å². The second-order valence-electron chi connectivity index (χ2n) is 4.36. The van der Waals surface area contributed by atoms with E-state index in [2.05, 4.69) is 36.9 Å². The van der Waals surface area contributed by atoms with E-state index in [1.165, 1.54) is 5.56 Å². The Balaban J connectivity index is 2.48. The van der Waals surface area contributed by atoms with Gasteiger partial charge in [-0.05, 0) is 29.2 Å². The van der Waals surface area contributed by atoms with Gasteiger partial charge in [-0.15, -0.1) is 0 Å². The molecule has 2 rings (SSSR count). The Hall–Kier alpha value is -1.80. The summed E-state index contributed by atoms with van der Waals surface area (Å²) in [5.74, 6) is 0.834. The van der Waals surface area contributed by atoms with Crippen LogP contribution in [0.25, 0.3) is 11.1 Å². The van der Waals surface area contributed by atoms with Crippen LogP contribution in [0.15, 0.2) is 48.5 Å². The van der Waals surface area contributed by atoms with E-state index in [1.54, 1.807) is 6.07 Å². The molecule has 0 amide bonds. The second-order valence-corrected chi connectivity index (χ2v) is 4.36. The fourth-order valence-electron chi connectivity index (χ4n) is 1.89. The maximum Gasteiger partial charge on any atom is 0.168 e. The molecule has 0 radical (unpaired) electrons. The molecular formula is C15H16O2. The highest BCUT2D eigenvalue weighted by Crippen LogP contribution is 2.31. The zero-order chi connectivity index (χ0) is 12.3. The van der Waals surface area contributed by atoms with Gasteiger partial charge < -0.3 is 4.89 Å². The van der Waals surface area contributed by atoms with Gasteiger partial charge in [0, 0.05) is 5.56 Å². The van der Waals surface area contributed by atoms with Gasteiger partial charge in [0.25, 0.3) is 0 Å². The van der Waals surface area contributed by atoms with E-state index in [-0.39, 0.29) is 0 Å². The van der Waals surface area contributed by atoms with Crippen molar-refractivity contribution in [3.05, 3.63) is 54.1 Å². The van der Waals surface area contributed by atoms with E-state index >= 15 is 0 Å². The van der Waals surface area contributed by atoms with E-state index in [4.69, 9.17) is 5.26 Å². The summed E-state index contributed by atoms with van der Waals surface area (Å²) >= 11 is 0. The Morgan fingerprint density at radius 2 is 1.65 bits per heavy atom. The zero-order valence-corrected chi connectivity index (χ0v) is 10.1. The summed E-state index contributed by atoms with van der Waals surface area (Å²) in [4.78, 5) is 4.40. The van der Waals surface area contributed by atoms with E-state index in [1.807, 2.05) is 24.3 Å². The first-order chi connectivity index (χ1) is 8.22. The minimum absolute atomic E-state index is 0.306. The van der Waals surface area contributed by atoms with Crippen LogP contribution in [-0.4, -0.2) is 5.26 Å². The summed E-state index contributed by atoms with van der Waals surface area (Å²) in [7, 11) is 0. The molecule has 0 unspecified atom stereocenters. The first kappa shape index (κ1) is 11.7. The van der Waals surface area contributed by atoms with Crippen molar-refractivity contribution in [3.8, 4) is 16.9 Å². The summed E-state index contributed by atoms with van der Waals surface area (Å²) < 4.78 is 0. The Labute approximate surface area is 101 Å². The first-order valence-electron chi connectivity index (χ1n) is 5.73. The third kappa shape index (κ3) is 2.48. The molecule has 0 saturated heterocycles. The lowest BCUT2D eigenvalue weighted by Crippen LogP contribution is -1.95. The second kappa shape index (κ2) is 5.02. The van der Waals surface area contributed by atoms with Crippen molar-refractivity contribution >= 4 is 0 Å². The van der Waals surface area contributed by atoms with Crippen molar-refractivity contribution in [3.63, 3.8) is 0 Å². The highest BCUT2D eigenvalue weighted by molar-refractivity contribution is 5.65. The highest BCUT2D eigenvalue weighted by Gasteiger charge is 2.09. The van der Waals surface area contributed by atoms with Crippen LogP contribution in [0.2, 0.25) is 0 Å². The van der Waals surface area contributed by atoms with Gasteiger partial charge in [-0.25, -0.2) is 5.26 Å². The molecule has 0 fully saturated rings. The Morgan fingerprint density at radius 3 is 2.24 bits per heavy atom. The quantitative estimate of drug-likeness (QED) is 0.626. The Bertz CT molecular complexity index is 490. The molecule has 2 nitrogen and oxygen atoms in total. The van der Waals surface area contributed by atoms with Crippen molar-refractivity contribution < 1.29 is 10.1 Å².